The molecule has 0 aliphatic rings. The van der Waals surface area contributed by atoms with E-state index in [1.807, 2.05) is 14.0 Å². The first kappa shape index (κ1) is 9.92. The van der Waals surface area contributed by atoms with Crippen molar-refractivity contribution in [3.8, 4) is 0 Å². The summed E-state index contributed by atoms with van der Waals surface area (Å²) in [5.41, 5.74) is 0. The minimum Gasteiger partial charge on any atom is -0.393 e. The maximum absolute atomic E-state index is 9.06. The fourth-order valence-electron chi connectivity index (χ4n) is 1.09. The fraction of sp³-hybridized carbons (Fsp3) is 1.00. The predicted molar refractivity (Wildman–Crippen MR) is 44.0 cm³/mol. The molecule has 2 heteroatoms. The summed E-state index contributed by atoms with van der Waals surface area (Å²) in [6, 6.07) is 0.444. The van der Waals surface area contributed by atoms with Crippen molar-refractivity contribution in [2.75, 3.05) is 7.05 Å². The van der Waals surface area contributed by atoms with E-state index in [4.69, 9.17) is 5.11 Å². The van der Waals surface area contributed by atoms with E-state index >= 15 is 0 Å². The van der Waals surface area contributed by atoms with E-state index in [1.54, 1.807) is 0 Å². The number of hydrogen-bond donors (Lipinski definition) is 2. The molecule has 0 rings (SSSR count). The summed E-state index contributed by atoms with van der Waals surface area (Å²) in [5, 5.41) is 12.2. The molecular formula is C8H19NO. The van der Waals surface area contributed by atoms with Gasteiger partial charge in [0.2, 0.25) is 0 Å². The average Bonchev–Trinajstić information content (AvgIpc) is 1.81. The maximum Gasteiger partial charge on any atom is 0.0527 e. The molecule has 0 aliphatic heterocycles. The Morgan fingerprint density at radius 3 is 1.90 bits per heavy atom. The van der Waals surface area contributed by atoms with Crippen molar-refractivity contribution in [3.63, 3.8) is 0 Å². The number of rotatable bonds is 4. The van der Waals surface area contributed by atoms with Crippen LogP contribution in [0.1, 0.15) is 27.2 Å². The zero-order valence-electron chi connectivity index (χ0n) is 7.39. The molecule has 2 unspecified atom stereocenters. The van der Waals surface area contributed by atoms with Gasteiger partial charge in [0.15, 0.2) is 0 Å². The summed E-state index contributed by atoms with van der Waals surface area (Å²) < 4.78 is 0. The van der Waals surface area contributed by atoms with Gasteiger partial charge in [-0.2, -0.15) is 0 Å². The summed E-state index contributed by atoms with van der Waals surface area (Å²) in [4.78, 5) is 0. The van der Waals surface area contributed by atoms with Gasteiger partial charge in [-0.3, -0.25) is 0 Å². The molecule has 0 fully saturated rings. The Balaban J connectivity index is 3.60. The number of aliphatic hydroxyl groups is 1. The van der Waals surface area contributed by atoms with Gasteiger partial charge >= 0.3 is 0 Å². The molecule has 2 atom stereocenters. The van der Waals surface area contributed by atoms with Crippen LogP contribution in [0, 0.1) is 5.92 Å². The Hall–Kier alpha value is -0.0800. The zero-order chi connectivity index (χ0) is 8.15. The Morgan fingerprint density at radius 2 is 1.80 bits per heavy atom. The molecular weight excluding hydrogens is 126 g/mol. The number of aliphatic hydroxyl groups excluding tert-OH is 1. The van der Waals surface area contributed by atoms with Gasteiger partial charge in [0.1, 0.15) is 0 Å². The average molecular weight is 145 g/mol. The van der Waals surface area contributed by atoms with Gasteiger partial charge in [-0.05, 0) is 26.3 Å². The van der Waals surface area contributed by atoms with Crippen molar-refractivity contribution in [1.29, 1.82) is 0 Å². The van der Waals surface area contributed by atoms with Crippen molar-refractivity contribution in [2.45, 2.75) is 39.3 Å². The van der Waals surface area contributed by atoms with Crippen molar-refractivity contribution >= 4 is 0 Å². The quantitative estimate of drug-likeness (QED) is 0.618. The number of nitrogens with one attached hydrogen (secondary N) is 1. The predicted octanol–water partition coefficient (Wildman–Crippen LogP) is 1.00. The molecule has 0 spiro atoms. The van der Waals surface area contributed by atoms with Gasteiger partial charge in [0.05, 0.1) is 6.10 Å². The van der Waals surface area contributed by atoms with Gasteiger partial charge in [-0.15, -0.1) is 0 Å². The van der Waals surface area contributed by atoms with Gasteiger partial charge < -0.3 is 10.4 Å². The summed E-state index contributed by atoms with van der Waals surface area (Å²) >= 11 is 0. The molecule has 2 nitrogen and oxygen atoms in total. The van der Waals surface area contributed by atoms with E-state index in [0.29, 0.717) is 12.0 Å². The van der Waals surface area contributed by atoms with E-state index in [0.717, 1.165) is 6.42 Å². The van der Waals surface area contributed by atoms with E-state index in [-0.39, 0.29) is 6.10 Å². The lowest BCUT2D eigenvalue weighted by Crippen LogP contribution is -2.33. The van der Waals surface area contributed by atoms with Crippen molar-refractivity contribution in [2.24, 2.45) is 5.92 Å². The van der Waals surface area contributed by atoms with Gasteiger partial charge in [-0.25, -0.2) is 0 Å². The SMILES string of the molecule is CNC(CC(C)O)C(C)C. The summed E-state index contributed by atoms with van der Waals surface area (Å²) in [6.07, 6.45) is 0.647. The molecule has 0 heterocycles. The van der Waals surface area contributed by atoms with E-state index in [1.165, 1.54) is 0 Å². The second-order valence-electron chi connectivity index (χ2n) is 3.22. The third kappa shape index (κ3) is 3.85. The van der Waals surface area contributed by atoms with Gasteiger partial charge in [0.25, 0.3) is 0 Å². The minimum absolute atomic E-state index is 0.195. The maximum atomic E-state index is 9.06. The molecule has 2 N–H and O–H groups in total. The lowest BCUT2D eigenvalue weighted by atomic mass is 9.99. The lowest BCUT2D eigenvalue weighted by molar-refractivity contribution is 0.159. The topological polar surface area (TPSA) is 32.3 Å². The Bertz CT molecular complexity index is 81.3. The van der Waals surface area contributed by atoms with Crippen LogP contribution in [0.15, 0.2) is 0 Å². The first-order valence-corrected chi connectivity index (χ1v) is 3.93. The van der Waals surface area contributed by atoms with Gasteiger partial charge in [0, 0.05) is 6.04 Å². The molecule has 0 saturated heterocycles. The highest BCUT2D eigenvalue weighted by atomic mass is 16.3. The third-order valence-electron chi connectivity index (χ3n) is 1.77. The van der Waals surface area contributed by atoms with Gasteiger partial charge in [-0.1, -0.05) is 13.8 Å². The molecule has 0 aromatic carbocycles. The third-order valence-corrected chi connectivity index (χ3v) is 1.77. The van der Waals surface area contributed by atoms with Crippen molar-refractivity contribution < 1.29 is 5.11 Å². The lowest BCUT2D eigenvalue weighted by Gasteiger charge is -2.21. The van der Waals surface area contributed by atoms with Crippen LogP contribution >= 0.6 is 0 Å². The first-order chi connectivity index (χ1) is 4.57. The molecule has 0 aliphatic carbocycles. The molecule has 62 valence electrons. The largest absolute Gasteiger partial charge is 0.393 e. The molecule has 0 saturated carbocycles. The Kier molecular flexibility index (Phi) is 4.65. The molecule has 0 aromatic heterocycles. The molecule has 10 heavy (non-hydrogen) atoms. The Morgan fingerprint density at radius 1 is 1.30 bits per heavy atom. The van der Waals surface area contributed by atoms with Crippen molar-refractivity contribution in [3.05, 3.63) is 0 Å². The number of hydrogen-bond acceptors (Lipinski definition) is 2. The summed E-state index contributed by atoms with van der Waals surface area (Å²) in [6.45, 7) is 6.14. The van der Waals surface area contributed by atoms with Crippen LogP contribution in [-0.2, 0) is 0 Å². The van der Waals surface area contributed by atoms with Crippen LogP contribution in [0.5, 0.6) is 0 Å². The second-order valence-corrected chi connectivity index (χ2v) is 3.22. The van der Waals surface area contributed by atoms with Crippen LogP contribution in [0.2, 0.25) is 0 Å². The fourth-order valence-corrected chi connectivity index (χ4v) is 1.09. The van der Waals surface area contributed by atoms with Crippen LogP contribution < -0.4 is 5.32 Å². The van der Waals surface area contributed by atoms with E-state index < -0.39 is 0 Å². The smallest absolute Gasteiger partial charge is 0.0527 e. The summed E-state index contributed by atoms with van der Waals surface area (Å²) in [5.74, 6) is 0.597. The first-order valence-electron chi connectivity index (χ1n) is 3.93. The zero-order valence-corrected chi connectivity index (χ0v) is 7.39. The van der Waals surface area contributed by atoms with E-state index in [2.05, 4.69) is 19.2 Å². The second kappa shape index (κ2) is 4.69. The van der Waals surface area contributed by atoms with Crippen molar-refractivity contribution in [1.82, 2.24) is 5.32 Å². The van der Waals surface area contributed by atoms with E-state index in [9.17, 15) is 0 Å². The minimum atomic E-state index is -0.195. The molecule has 0 radical (unpaired) electrons. The van der Waals surface area contributed by atoms with Crippen LogP contribution in [0.4, 0.5) is 0 Å². The Labute approximate surface area is 63.6 Å². The molecule has 0 bridgehead atoms. The normalized spacial score (nSPS) is 17.4. The standard InChI is InChI=1S/C8H19NO/c1-6(2)8(9-4)5-7(3)10/h6-10H,5H2,1-4H3. The molecule has 0 aromatic rings. The summed E-state index contributed by atoms with van der Waals surface area (Å²) in [7, 11) is 1.94. The van der Waals surface area contributed by atoms with Crippen LogP contribution in [-0.4, -0.2) is 24.3 Å². The highest BCUT2D eigenvalue weighted by Gasteiger charge is 2.12. The monoisotopic (exact) mass is 145 g/mol. The van der Waals surface area contributed by atoms with Crippen LogP contribution in [0.3, 0.4) is 0 Å². The molecule has 0 amide bonds. The van der Waals surface area contributed by atoms with Crippen LogP contribution in [0.25, 0.3) is 0 Å². The highest BCUT2D eigenvalue weighted by molar-refractivity contribution is 4.70. The highest BCUT2D eigenvalue weighted by Crippen LogP contribution is 2.07.